The van der Waals surface area contributed by atoms with E-state index in [0.717, 1.165) is 18.7 Å². The summed E-state index contributed by atoms with van der Waals surface area (Å²) in [7, 11) is -2.97. The van der Waals surface area contributed by atoms with Gasteiger partial charge in [0.1, 0.15) is 15.6 Å². The van der Waals surface area contributed by atoms with E-state index in [2.05, 4.69) is 15.6 Å². The minimum Gasteiger partial charge on any atom is -0.469 e. The fourth-order valence-electron chi connectivity index (χ4n) is 1.42. The number of hydrogen-bond donors (Lipinski definition) is 2. The van der Waals surface area contributed by atoms with Crippen LogP contribution in [0.2, 0.25) is 0 Å². The first kappa shape index (κ1) is 19.2. The van der Waals surface area contributed by atoms with Crippen LogP contribution in [0, 0.1) is 0 Å². The largest absolute Gasteiger partial charge is 0.469 e. The molecule has 6 nitrogen and oxygen atoms in total. The van der Waals surface area contributed by atoms with E-state index in [1.807, 2.05) is 19.1 Å². The first-order valence-electron chi connectivity index (χ1n) is 6.23. The third kappa shape index (κ3) is 9.18. The van der Waals surface area contributed by atoms with Gasteiger partial charge >= 0.3 is 0 Å². The maximum absolute atomic E-state index is 11.0. The monoisotopic (exact) mass is 415 g/mol. The summed E-state index contributed by atoms with van der Waals surface area (Å²) >= 11 is 0. The molecule has 0 radical (unpaired) electrons. The Kier molecular flexibility index (Phi) is 9.64. The summed E-state index contributed by atoms with van der Waals surface area (Å²) in [4.78, 5) is 4.20. The Bertz CT molecular complexity index is 486. The van der Waals surface area contributed by atoms with Gasteiger partial charge in [0, 0.05) is 25.8 Å². The molecule has 0 aliphatic rings. The summed E-state index contributed by atoms with van der Waals surface area (Å²) in [6.45, 7) is 3.62. The summed E-state index contributed by atoms with van der Waals surface area (Å²) in [6, 6.07) is 3.76. The highest BCUT2D eigenvalue weighted by Gasteiger charge is 2.02. The zero-order valence-electron chi connectivity index (χ0n) is 11.8. The average molecular weight is 415 g/mol. The third-order valence-corrected chi connectivity index (χ3v) is 3.24. The Labute approximate surface area is 137 Å². The highest BCUT2D eigenvalue weighted by molar-refractivity contribution is 14.0. The van der Waals surface area contributed by atoms with Crippen LogP contribution in [0.15, 0.2) is 27.8 Å². The lowest BCUT2D eigenvalue weighted by Crippen LogP contribution is -2.38. The second kappa shape index (κ2) is 10.0. The Hall–Kier alpha value is -0.770. The van der Waals surface area contributed by atoms with Crippen molar-refractivity contribution in [3.63, 3.8) is 0 Å². The van der Waals surface area contributed by atoms with Gasteiger partial charge in [0.25, 0.3) is 0 Å². The second-order valence-electron chi connectivity index (χ2n) is 4.15. The van der Waals surface area contributed by atoms with Crippen molar-refractivity contribution in [2.24, 2.45) is 4.99 Å². The molecule has 0 aliphatic heterocycles. The molecule has 8 heteroatoms. The van der Waals surface area contributed by atoms with E-state index in [9.17, 15) is 8.42 Å². The van der Waals surface area contributed by atoms with Crippen LogP contribution in [0.1, 0.15) is 12.7 Å². The van der Waals surface area contributed by atoms with E-state index in [4.69, 9.17) is 4.42 Å². The van der Waals surface area contributed by atoms with Crippen molar-refractivity contribution in [2.45, 2.75) is 13.3 Å². The number of aliphatic imine (C=N–C) groups is 1. The Morgan fingerprint density at radius 2 is 2.15 bits per heavy atom. The van der Waals surface area contributed by atoms with Crippen LogP contribution < -0.4 is 10.6 Å². The maximum atomic E-state index is 11.0. The molecule has 116 valence electrons. The predicted molar refractivity (Wildman–Crippen MR) is 91.5 cm³/mol. The molecule has 0 aromatic carbocycles. The van der Waals surface area contributed by atoms with E-state index >= 15 is 0 Å². The van der Waals surface area contributed by atoms with Crippen LogP contribution >= 0.6 is 24.0 Å². The van der Waals surface area contributed by atoms with Crippen LogP contribution in [-0.4, -0.2) is 46.0 Å². The standard InChI is InChI=1S/C12H21N3O3S.HI/c1-3-13-12(15-8-10-19(2,16)17)14-7-6-11-5-4-9-18-11;/h4-5,9H,3,6-8,10H2,1-2H3,(H2,13,14,15);1H. The first-order chi connectivity index (χ1) is 9.01. The minimum absolute atomic E-state index is 0. The van der Waals surface area contributed by atoms with Crippen LogP contribution in [0.3, 0.4) is 0 Å². The van der Waals surface area contributed by atoms with Crippen molar-refractivity contribution >= 4 is 39.8 Å². The number of hydrogen-bond acceptors (Lipinski definition) is 4. The van der Waals surface area contributed by atoms with Crippen molar-refractivity contribution in [2.75, 3.05) is 31.6 Å². The van der Waals surface area contributed by atoms with Gasteiger partial charge in [0.05, 0.1) is 18.6 Å². The molecule has 0 saturated heterocycles. The Morgan fingerprint density at radius 3 is 2.70 bits per heavy atom. The number of sulfone groups is 1. The molecule has 20 heavy (non-hydrogen) atoms. The van der Waals surface area contributed by atoms with E-state index in [0.29, 0.717) is 12.5 Å². The number of furan rings is 1. The number of guanidine groups is 1. The van der Waals surface area contributed by atoms with Gasteiger partial charge in [-0.15, -0.1) is 24.0 Å². The smallest absolute Gasteiger partial charge is 0.191 e. The van der Waals surface area contributed by atoms with Gasteiger partial charge < -0.3 is 15.1 Å². The molecule has 1 aromatic heterocycles. The fourth-order valence-corrected chi connectivity index (χ4v) is 1.85. The quantitative estimate of drug-likeness (QED) is 0.395. The van der Waals surface area contributed by atoms with Crippen LogP contribution in [0.4, 0.5) is 0 Å². The van der Waals surface area contributed by atoms with Gasteiger partial charge in [-0.3, -0.25) is 4.99 Å². The molecule has 1 heterocycles. The summed E-state index contributed by atoms with van der Waals surface area (Å²) in [5.41, 5.74) is 0. The normalized spacial score (nSPS) is 11.8. The predicted octanol–water partition coefficient (Wildman–Crippen LogP) is 1.04. The lowest BCUT2D eigenvalue weighted by molar-refractivity contribution is 0.507. The second-order valence-corrected chi connectivity index (χ2v) is 6.41. The van der Waals surface area contributed by atoms with Crippen LogP contribution in [0.5, 0.6) is 0 Å². The summed E-state index contributed by atoms with van der Waals surface area (Å²) < 4.78 is 27.3. The molecule has 0 unspecified atom stereocenters. The Morgan fingerprint density at radius 1 is 1.40 bits per heavy atom. The van der Waals surface area contributed by atoms with E-state index in [1.165, 1.54) is 6.26 Å². The number of rotatable bonds is 7. The highest BCUT2D eigenvalue weighted by Crippen LogP contribution is 1.99. The topological polar surface area (TPSA) is 83.7 Å². The third-order valence-electron chi connectivity index (χ3n) is 2.32. The van der Waals surface area contributed by atoms with Crippen LogP contribution in [0.25, 0.3) is 0 Å². The van der Waals surface area contributed by atoms with Gasteiger partial charge in [-0.1, -0.05) is 0 Å². The maximum Gasteiger partial charge on any atom is 0.191 e. The van der Waals surface area contributed by atoms with E-state index in [-0.39, 0.29) is 36.3 Å². The number of nitrogens with one attached hydrogen (secondary N) is 2. The summed E-state index contributed by atoms with van der Waals surface area (Å²) in [5.74, 6) is 1.58. The molecule has 0 saturated carbocycles. The molecule has 1 rings (SSSR count). The molecule has 0 amide bonds. The zero-order chi connectivity index (χ0) is 14.1. The van der Waals surface area contributed by atoms with E-state index in [1.54, 1.807) is 6.26 Å². The van der Waals surface area contributed by atoms with E-state index < -0.39 is 9.84 Å². The molecule has 2 N–H and O–H groups in total. The van der Waals surface area contributed by atoms with Gasteiger partial charge in [0.2, 0.25) is 0 Å². The van der Waals surface area contributed by atoms with Gasteiger partial charge in [-0.05, 0) is 19.1 Å². The molecule has 0 bridgehead atoms. The molecule has 0 spiro atoms. The first-order valence-corrected chi connectivity index (χ1v) is 8.29. The zero-order valence-corrected chi connectivity index (χ0v) is 14.9. The molecular weight excluding hydrogens is 393 g/mol. The van der Waals surface area contributed by atoms with Crippen molar-refractivity contribution in [3.8, 4) is 0 Å². The molecular formula is C12H22IN3O3S. The molecule has 1 aromatic rings. The minimum atomic E-state index is -2.97. The van der Waals surface area contributed by atoms with Gasteiger partial charge in [-0.25, -0.2) is 8.42 Å². The van der Waals surface area contributed by atoms with Crippen molar-refractivity contribution < 1.29 is 12.8 Å². The highest BCUT2D eigenvalue weighted by atomic mass is 127. The van der Waals surface area contributed by atoms with Crippen molar-refractivity contribution in [1.82, 2.24) is 10.6 Å². The molecule has 0 aliphatic carbocycles. The average Bonchev–Trinajstić information content (AvgIpc) is 2.80. The molecule has 0 atom stereocenters. The SMILES string of the molecule is CCNC(=NCCS(C)(=O)=O)NCCc1ccco1.I. The summed E-state index contributed by atoms with van der Waals surface area (Å²) in [5, 5.41) is 6.19. The van der Waals surface area contributed by atoms with Gasteiger partial charge in [-0.2, -0.15) is 0 Å². The fraction of sp³-hybridized carbons (Fsp3) is 0.583. The number of halogens is 1. The van der Waals surface area contributed by atoms with Crippen molar-refractivity contribution in [1.29, 1.82) is 0 Å². The lowest BCUT2D eigenvalue weighted by Gasteiger charge is -2.10. The lowest BCUT2D eigenvalue weighted by atomic mass is 10.3. The molecule has 0 fully saturated rings. The van der Waals surface area contributed by atoms with Crippen LogP contribution in [-0.2, 0) is 16.3 Å². The summed E-state index contributed by atoms with van der Waals surface area (Å²) in [6.07, 6.45) is 3.60. The van der Waals surface area contributed by atoms with Gasteiger partial charge in [0.15, 0.2) is 5.96 Å². The number of nitrogens with zero attached hydrogens (tertiary/aromatic N) is 1. The van der Waals surface area contributed by atoms with Crippen molar-refractivity contribution in [3.05, 3.63) is 24.2 Å². The Balaban J connectivity index is 0.00000361.